The molecule has 0 bridgehead atoms. The average Bonchev–Trinajstić information content (AvgIpc) is 2.35. The van der Waals surface area contributed by atoms with E-state index >= 15 is 0 Å². The highest BCUT2D eigenvalue weighted by atomic mass is 19.4. The van der Waals surface area contributed by atoms with Crippen LogP contribution in [0.25, 0.3) is 0 Å². The van der Waals surface area contributed by atoms with E-state index in [2.05, 4.69) is 0 Å². The summed E-state index contributed by atoms with van der Waals surface area (Å²) in [5, 5.41) is 9.07. The third-order valence-corrected chi connectivity index (χ3v) is 4.20. The van der Waals surface area contributed by atoms with E-state index in [1.807, 2.05) is 0 Å². The van der Waals surface area contributed by atoms with E-state index < -0.39 is 35.4 Å². The van der Waals surface area contributed by atoms with Gasteiger partial charge in [-0.15, -0.1) is 0 Å². The van der Waals surface area contributed by atoms with Gasteiger partial charge in [0.25, 0.3) is 0 Å². The molecule has 0 aromatic heterocycles. The molecular weight excluding hydrogens is 275 g/mol. The Morgan fingerprint density at radius 1 is 1.15 bits per heavy atom. The van der Waals surface area contributed by atoms with Crippen molar-refractivity contribution in [3.63, 3.8) is 0 Å². The SMILES string of the molecule is CN(C(=O)C1CCCCC1C(F)(F)F)C(C)(C)C(=O)O. The molecular formula is C13H20F3NO3. The summed E-state index contributed by atoms with van der Waals surface area (Å²) >= 11 is 0. The first-order valence-electron chi connectivity index (χ1n) is 6.57. The molecule has 1 rings (SSSR count). The minimum atomic E-state index is -4.42. The van der Waals surface area contributed by atoms with E-state index in [1.54, 1.807) is 0 Å². The number of carboxylic acids is 1. The highest BCUT2D eigenvalue weighted by Gasteiger charge is 2.50. The lowest BCUT2D eigenvalue weighted by Crippen LogP contribution is -2.54. The zero-order chi connectivity index (χ0) is 15.7. The van der Waals surface area contributed by atoms with Crippen LogP contribution in [0.2, 0.25) is 0 Å². The molecule has 2 atom stereocenters. The molecule has 0 heterocycles. The summed E-state index contributed by atoms with van der Waals surface area (Å²) in [6.07, 6.45) is -3.33. The number of alkyl halides is 3. The highest BCUT2D eigenvalue weighted by Crippen LogP contribution is 2.42. The first-order chi connectivity index (χ1) is 8.99. The minimum Gasteiger partial charge on any atom is -0.480 e. The Morgan fingerprint density at radius 3 is 2.10 bits per heavy atom. The second kappa shape index (κ2) is 5.61. The number of nitrogens with zero attached hydrogens (tertiary/aromatic N) is 1. The molecule has 0 radical (unpaired) electrons. The van der Waals surface area contributed by atoms with Crippen LogP contribution in [0, 0.1) is 11.8 Å². The molecule has 0 saturated heterocycles. The molecule has 0 aromatic carbocycles. The van der Waals surface area contributed by atoms with Crippen molar-refractivity contribution in [2.45, 2.75) is 51.2 Å². The number of hydrogen-bond donors (Lipinski definition) is 1. The number of halogens is 3. The van der Waals surface area contributed by atoms with Crippen molar-refractivity contribution in [1.82, 2.24) is 4.90 Å². The predicted octanol–water partition coefficient (Wildman–Crippen LogP) is 2.68. The molecule has 1 aliphatic rings. The second-order valence-corrected chi connectivity index (χ2v) is 5.80. The van der Waals surface area contributed by atoms with Gasteiger partial charge in [0.15, 0.2) is 0 Å². The Hall–Kier alpha value is -1.27. The molecule has 1 saturated carbocycles. The van der Waals surface area contributed by atoms with E-state index in [9.17, 15) is 22.8 Å². The van der Waals surface area contributed by atoms with Crippen molar-refractivity contribution in [2.24, 2.45) is 11.8 Å². The number of likely N-dealkylation sites (N-methyl/N-ethyl adjacent to an activating group) is 1. The van der Waals surface area contributed by atoms with E-state index in [0.717, 1.165) is 4.90 Å². The fourth-order valence-corrected chi connectivity index (χ4v) is 2.49. The lowest BCUT2D eigenvalue weighted by atomic mass is 9.77. The summed E-state index contributed by atoms with van der Waals surface area (Å²) in [7, 11) is 1.25. The lowest BCUT2D eigenvalue weighted by molar-refractivity contribution is -0.202. The molecule has 20 heavy (non-hydrogen) atoms. The smallest absolute Gasteiger partial charge is 0.392 e. The fraction of sp³-hybridized carbons (Fsp3) is 0.846. The maximum atomic E-state index is 13.0. The average molecular weight is 295 g/mol. The van der Waals surface area contributed by atoms with Gasteiger partial charge >= 0.3 is 12.1 Å². The molecule has 0 aliphatic heterocycles. The van der Waals surface area contributed by atoms with E-state index in [0.29, 0.717) is 12.8 Å². The van der Waals surface area contributed by atoms with Crippen LogP contribution >= 0.6 is 0 Å². The second-order valence-electron chi connectivity index (χ2n) is 5.80. The van der Waals surface area contributed by atoms with Crippen molar-refractivity contribution < 1.29 is 27.9 Å². The van der Waals surface area contributed by atoms with E-state index in [-0.39, 0.29) is 12.8 Å². The van der Waals surface area contributed by atoms with E-state index in [1.165, 1.54) is 20.9 Å². The van der Waals surface area contributed by atoms with Crippen LogP contribution in [0.1, 0.15) is 39.5 Å². The van der Waals surface area contributed by atoms with Crippen molar-refractivity contribution in [1.29, 1.82) is 0 Å². The maximum absolute atomic E-state index is 13.0. The molecule has 7 heteroatoms. The quantitative estimate of drug-likeness (QED) is 0.871. The Bertz CT molecular complexity index is 393. The lowest BCUT2D eigenvalue weighted by Gasteiger charge is -2.38. The number of amides is 1. The number of carbonyl (C=O) groups is 2. The molecule has 0 aromatic rings. The molecule has 2 unspecified atom stereocenters. The van der Waals surface area contributed by atoms with Gasteiger partial charge in [-0.3, -0.25) is 4.79 Å². The van der Waals surface area contributed by atoms with Gasteiger partial charge in [-0.2, -0.15) is 13.2 Å². The van der Waals surface area contributed by atoms with Gasteiger partial charge in [-0.25, -0.2) is 4.79 Å². The van der Waals surface area contributed by atoms with Gasteiger partial charge < -0.3 is 10.0 Å². The Labute approximate surface area is 115 Å². The van der Waals surface area contributed by atoms with Crippen LogP contribution in [0.15, 0.2) is 0 Å². The molecule has 1 N–H and O–H groups in total. The number of carbonyl (C=O) groups excluding carboxylic acids is 1. The van der Waals surface area contributed by atoms with Crippen molar-refractivity contribution in [3.05, 3.63) is 0 Å². The largest absolute Gasteiger partial charge is 0.480 e. The Morgan fingerprint density at radius 2 is 1.65 bits per heavy atom. The maximum Gasteiger partial charge on any atom is 0.392 e. The van der Waals surface area contributed by atoms with Gasteiger partial charge in [0.05, 0.1) is 5.92 Å². The first kappa shape index (κ1) is 16.8. The number of aliphatic carboxylic acids is 1. The molecule has 1 amide bonds. The van der Waals surface area contributed by atoms with Gasteiger partial charge in [-0.1, -0.05) is 12.8 Å². The van der Waals surface area contributed by atoms with Gasteiger partial charge in [0.1, 0.15) is 5.54 Å². The Balaban J connectivity index is 2.96. The van der Waals surface area contributed by atoms with Gasteiger partial charge in [0, 0.05) is 13.0 Å². The molecule has 1 aliphatic carbocycles. The topological polar surface area (TPSA) is 57.6 Å². The fourth-order valence-electron chi connectivity index (χ4n) is 2.49. The molecule has 1 fully saturated rings. The monoisotopic (exact) mass is 295 g/mol. The zero-order valence-corrected chi connectivity index (χ0v) is 11.8. The summed E-state index contributed by atoms with van der Waals surface area (Å²) in [6.45, 7) is 2.61. The van der Waals surface area contributed by atoms with Crippen LogP contribution < -0.4 is 0 Å². The normalized spacial score (nSPS) is 24.3. The summed E-state index contributed by atoms with van der Waals surface area (Å²) in [5.41, 5.74) is -1.52. The summed E-state index contributed by atoms with van der Waals surface area (Å²) in [4.78, 5) is 24.3. The van der Waals surface area contributed by atoms with Crippen LogP contribution in [0.5, 0.6) is 0 Å². The van der Waals surface area contributed by atoms with Crippen molar-refractivity contribution in [2.75, 3.05) is 7.05 Å². The minimum absolute atomic E-state index is 0.0682. The third kappa shape index (κ3) is 3.24. The number of carboxylic acid groups (broad SMARTS) is 1. The van der Waals surface area contributed by atoms with Crippen LogP contribution in [0.3, 0.4) is 0 Å². The Kier molecular flexibility index (Phi) is 4.71. The predicted molar refractivity (Wildman–Crippen MR) is 66.0 cm³/mol. The zero-order valence-electron chi connectivity index (χ0n) is 11.8. The van der Waals surface area contributed by atoms with Crippen LogP contribution in [0.4, 0.5) is 13.2 Å². The highest BCUT2D eigenvalue weighted by molar-refractivity contribution is 5.87. The van der Waals surface area contributed by atoms with Crippen LogP contribution in [-0.4, -0.2) is 40.6 Å². The van der Waals surface area contributed by atoms with Gasteiger partial charge in [0.2, 0.25) is 5.91 Å². The molecule has 4 nitrogen and oxygen atoms in total. The third-order valence-electron chi connectivity index (χ3n) is 4.20. The standard InChI is InChI=1S/C13H20F3NO3/c1-12(2,11(19)20)17(3)10(18)8-6-4-5-7-9(8)13(14,15)16/h8-9H,4-7H2,1-3H3,(H,19,20). The van der Waals surface area contributed by atoms with E-state index in [4.69, 9.17) is 5.11 Å². The summed E-state index contributed by atoms with van der Waals surface area (Å²) in [5.74, 6) is -4.82. The summed E-state index contributed by atoms with van der Waals surface area (Å²) in [6, 6.07) is 0. The van der Waals surface area contributed by atoms with Gasteiger partial charge in [-0.05, 0) is 26.7 Å². The summed E-state index contributed by atoms with van der Waals surface area (Å²) < 4.78 is 38.9. The molecule has 116 valence electrons. The van der Waals surface area contributed by atoms with Crippen LogP contribution in [-0.2, 0) is 9.59 Å². The number of rotatable bonds is 3. The number of hydrogen-bond acceptors (Lipinski definition) is 2. The van der Waals surface area contributed by atoms with Crippen molar-refractivity contribution >= 4 is 11.9 Å². The first-order valence-corrected chi connectivity index (χ1v) is 6.57. The molecule has 0 spiro atoms. The van der Waals surface area contributed by atoms with Crippen molar-refractivity contribution in [3.8, 4) is 0 Å².